The summed E-state index contributed by atoms with van der Waals surface area (Å²) in [5.41, 5.74) is 2.28. The number of hydrogen-bond acceptors (Lipinski definition) is 11. The van der Waals surface area contributed by atoms with Crippen molar-refractivity contribution in [3.05, 3.63) is 91.8 Å². The number of carbonyl (C=O) groups excluding carboxylic acids is 6. The first-order valence-electron chi connectivity index (χ1n) is 18.4. The molecule has 0 saturated carbocycles. The van der Waals surface area contributed by atoms with Gasteiger partial charge in [0.1, 0.15) is 34.8 Å². The number of rotatable bonds is 13. The van der Waals surface area contributed by atoms with E-state index < -0.39 is 35.2 Å². The Hall–Kier alpha value is -5.54. The number of benzene rings is 2. The molecule has 0 spiro atoms. The molecule has 7 rings (SSSR count). The molecular formula is C40H40ClN7O7S. The van der Waals surface area contributed by atoms with Crippen LogP contribution in [0.4, 0.5) is 0 Å². The average molecular weight is 798 g/mol. The van der Waals surface area contributed by atoms with Crippen LogP contribution in [0.2, 0.25) is 5.02 Å². The van der Waals surface area contributed by atoms with Crippen molar-refractivity contribution in [3.8, 4) is 10.8 Å². The van der Waals surface area contributed by atoms with Crippen molar-refractivity contribution in [1.82, 2.24) is 30.3 Å². The van der Waals surface area contributed by atoms with Gasteiger partial charge >= 0.3 is 0 Å². The summed E-state index contributed by atoms with van der Waals surface area (Å²) in [6, 6.07) is 11.4. The molecule has 0 unspecified atom stereocenters. The van der Waals surface area contributed by atoms with Gasteiger partial charge in [0.25, 0.3) is 17.7 Å². The van der Waals surface area contributed by atoms with Gasteiger partial charge in [-0.05, 0) is 76.8 Å². The van der Waals surface area contributed by atoms with Crippen LogP contribution in [0.25, 0.3) is 5.00 Å². The highest BCUT2D eigenvalue weighted by molar-refractivity contribution is 7.15. The number of ether oxygens (including phenoxy) is 1. The van der Waals surface area contributed by atoms with E-state index in [-0.39, 0.29) is 60.9 Å². The Bertz CT molecular complexity index is 2330. The van der Waals surface area contributed by atoms with Gasteiger partial charge in [-0.15, -0.1) is 21.5 Å². The van der Waals surface area contributed by atoms with Crippen LogP contribution in [0.1, 0.15) is 112 Å². The van der Waals surface area contributed by atoms with Crippen molar-refractivity contribution >= 4 is 64.0 Å². The summed E-state index contributed by atoms with van der Waals surface area (Å²) < 4.78 is 7.74. The van der Waals surface area contributed by atoms with Gasteiger partial charge < -0.3 is 10.1 Å². The number of fused-ring (bicyclic) bond motifs is 4. The zero-order valence-electron chi connectivity index (χ0n) is 31.4. The van der Waals surface area contributed by atoms with Gasteiger partial charge in [0.05, 0.1) is 23.3 Å². The van der Waals surface area contributed by atoms with E-state index in [0.29, 0.717) is 42.5 Å². The number of imide groups is 2. The SMILES string of the molecule is Cc1sc2c(c1C)C(c1ccc(Cl)cc1)=N[C@@H](CC(=O)NCCCCCC(=O)COc1cccc3c1C(=O)N([C@@]1(C)CCC(=O)NC1=O)C3=O)c1nnc(C)n1-2. The Morgan fingerprint density at radius 2 is 1.77 bits per heavy atom. The molecule has 14 nitrogen and oxygen atoms in total. The van der Waals surface area contributed by atoms with E-state index in [4.69, 9.17) is 21.3 Å². The van der Waals surface area contributed by atoms with Crippen molar-refractivity contribution in [2.24, 2.45) is 4.99 Å². The number of nitrogens with zero attached hydrogens (tertiary/aromatic N) is 5. The molecule has 5 heterocycles. The molecule has 0 bridgehead atoms. The van der Waals surface area contributed by atoms with Crippen LogP contribution in [-0.2, 0) is 19.2 Å². The number of carbonyl (C=O) groups is 6. The summed E-state index contributed by atoms with van der Waals surface area (Å²) in [4.78, 5) is 84.4. The van der Waals surface area contributed by atoms with Crippen LogP contribution in [-0.4, -0.2) is 79.4 Å². The molecular weight excluding hydrogens is 758 g/mol. The molecule has 290 valence electrons. The third-order valence-electron chi connectivity index (χ3n) is 10.5. The van der Waals surface area contributed by atoms with Crippen molar-refractivity contribution in [2.45, 2.75) is 84.2 Å². The van der Waals surface area contributed by atoms with Gasteiger partial charge in [-0.3, -0.25) is 48.5 Å². The second kappa shape index (κ2) is 15.5. The first-order valence-corrected chi connectivity index (χ1v) is 19.6. The molecule has 2 aromatic carbocycles. The summed E-state index contributed by atoms with van der Waals surface area (Å²) in [7, 11) is 0. The topological polar surface area (TPSA) is 182 Å². The summed E-state index contributed by atoms with van der Waals surface area (Å²) in [6.45, 7) is 7.59. The molecule has 3 aliphatic heterocycles. The van der Waals surface area contributed by atoms with Crippen LogP contribution < -0.4 is 15.4 Å². The quantitative estimate of drug-likeness (QED) is 0.134. The highest BCUT2D eigenvalue weighted by atomic mass is 35.5. The lowest BCUT2D eigenvalue weighted by atomic mass is 9.89. The van der Waals surface area contributed by atoms with Crippen LogP contribution >= 0.6 is 22.9 Å². The fourth-order valence-corrected chi connectivity index (χ4v) is 8.63. The predicted octanol–water partition coefficient (Wildman–Crippen LogP) is 5.31. The van der Waals surface area contributed by atoms with Gasteiger partial charge in [-0.1, -0.05) is 36.2 Å². The van der Waals surface area contributed by atoms with E-state index in [0.717, 1.165) is 37.2 Å². The number of ketones is 1. The van der Waals surface area contributed by atoms with E-state index in [1.54, 1.807) is 17.4 Å². The van der Waals surface area contributed by atoms with Crippen molar-refractivity contribution in [1.29, 1.82) is 0 Å². The minimum atomic E-state index is -1.54. The maximum absolute atomic E-state index is 13.5. The highest BCUT2D eigenvalue weighted by Gasteiger charge is 2.53. The second-order valence-electron chi connectivity index (χ2n) is 14.4. The molecule has 1 saturated heterocycles. The Morgan fingerprint density at radius 1 is 1.00 bits per heavy atom. The Labute approximate surface area is 331 Å². The zero-order chi connectivity index (χ0) is 39.9. The van der Waals surface area contributed by atoms with Crippen molar-refractivity contribution < 1.29 is 33.5 Å². The number of piperidine rings is 1. The molecule has 3 aliphatic rings. The molecule has 16 heteroatoms. The largest absolute Gasteiger partial charge is 0.485 e. The Kier molecular flexibility index (Phi) is 10.7. The van der Waals surface area contributed by atoms with E-state index >= 15 is 0 Å². The molecule has 1 fully saturated rings. The fourth-order valence-electron chi connectivity index (χ4n) is 7.29. The van der Waals surface area contributed by atoms with E-state index in [1.165, 1.54) is 19.1 Å². The molecule has 2 atom stereocenters. The fraction of sp³-hybridized carbons (Fsp3) is 0.375. The number of Topliss-reactive ketones (excluding diaryl/α,β-unsaturated/α-hetero) is 1. The van der Waals surface area contributed by atoms with Gasteiger partial charge in [0, 0.05) is 40.4 Å². The Morgan fingerprint density at radius 3 is 2.52 bits per heavy atom. The van der Waals surface area contributed by atoms with Crippen LogP contribution in [0.5, 0.6) is 5.75 Å². The first-order chi connectivity index (χ1) is 26.8. The number of aromatic nitrogens is 3. The summed E-state index contributed by atoms with van der Waals surface area (Å²) in [5.74, 6) is -1.56. The molecule has 2 aromatic heterocycles. The summed E-state index contributed by atoms with van der Waals surface area (Å²) in [6.07, 6.45) is 2.15. The van der Waals surface area contributed by atoms with E-state index in [1.807, 2.05) is 35.8 Å². The number of halogens is 1. The number of nitrogens with one attached hydrogen (secondary N) is 2. The molecule has 56 heavy (non-hydrogen) atoms. The lowest BCUT2D eigenvalue weighted by molar-refractivity contribution is -0.141. The molecule has 5 amide bonds. The van der Waals surface area contributed by atoms with Gasteiger partial charge in [-0.25, -0.2) is 0 Å². The predicted molar refractivity (Wildman–Crippen MR) is 208 cm³/mol. The summed E-state index contributed by atoms with van der Waals surface area (Å²) >= 11 is 7.86. The second-order valence-corrected chi connectivity index (χ2v) is 16.0. The number of hydrogen-bond donors (Lipinski definition) is 2. The molecule has 2 N–H and O–H groups in total. The maximum atomic E-state index is 13.5. The van der Waals surface area contributed by atoms with Crippen LogP contribution in [0.15, 0.2) is 47.5 Å². The number of unbranched alkanes of at least 4 members (excludes halogenated alkanes) is 2. The van der Waals surface area contributed by atoms with E-state index in [9.17, 15) is 28.8 Å². The summed E-state index contributed by atoms with van der Waals surface area (Å²) in [5, 5.41) is 15.6. The average Bonchev–Trinajstić information content (AvgIpc) is 3.75. The highest BCUT2D eigenvalue weighted by Crippen LogP contribution is 2.40. The minimum Gasteiger partial charge on any atom is -0.485 e. The standard InChI is InChI=1S/C40H40ClN7O7S/c1-21-22(2)56-38-32(21)34(24-12-14-25(41)15-13-24)43-28(35-46-45-23(3)47(35)38)19-31(51)42-18-7-5-6-9-26(49)20-55-29-11-8-10-27-33(29)37(53)48(36(27)52)40(4)17-16-30(50)44-39(40)54/h8,10-15,28H,5-7,9,16-20H2,1-4H3,(H,42,51)(H,44,50,54)/t28-,40-/m0/s1. The minimum absolute atomic E-state index is 0.00221. The number of thiophene rings is 1. The maximum Gasteiger partial charge on any atom is 0.266 e. The third kappa shape index (κ3) is 7.16. The van der Waals surface area contributed by atoms with Gasteiger partial charge in [0.2, 0.25) is 11.8 Å². The van der Waals surface area contributed by atoms with Gasteiger partial charge in [-0.2, -0.15) is 0 Å². The number of aryl methyl sites for hydroxylation is 2. The lowest BCUT2D eigenvalue weighted by Gasteiger charge is -2.38. The molecule has 0 aliphatic carbocycles. The normalized spacial score (nSPS) is 18.8. The zero-order valence-corrected chi connectivity index (χ0v) is 32.9. The van der Waals surface area contributed by atoms with Gasteiger partial charge in [0.15, 0.2) is 11.6 Å². The van der Waals surface area contributed by atoms with Crippen molar-refractivity contribution in [2.75, 3.05) is 13.2 Å². The number of aliphatic imine (C=N–C) groups is 1. The van der Waals surface area contributed by atoms with Crippen LogP contribution in [0.3, 0.4) is 0 Å². The third-order valence-corrected chi connectivity index (χ3v) is 12.0. The van der Waals surface area contributed by atoms with Crippen molar-refractivity contribution in [3.63, 3.8) is 0 Å². The number of amides is 5. The Balaban J connectivity index is 0.912. The molecule has 0 radical (unpaired) electrons. The monoisotopic (exact) mass is 797 g/mol. The van der Waals surface area contributed by atoms with E-state index in [2.05, 4.69) is 34.7 Å². The molecule has 4 aromatic rings. The van der Waals surface area contributed by atoms with Crippen LogP contribution in [0, 0.1) is 20.8 Å². The smallest absolute Gasteiger partial charge is 0.266 e. The first kappa shape index (κ1) is 38.7. The lowest BCUT2D eigenvalue weighted by Crippen LogP contribution is -2.62.